The van der Waals surface area contributed by atoms with Gasteiger partial charge < -0.3 is 10.1 Å². The van der Waals surface area contributed by atoms with E-state index in [2.05, 4.69) is 5.32 Å². The zero-order chi connectivity index (χ0) is 18.9. The molecule has 2 amide bonds. The number of urea groups is 1. The smallest absolute Gasteiger partial charge is 0.328 e. The van der Waals surface area contributed by atoms with Crippen molar-refractivity contribution in [3.63, 3.8) is 0 Å². The van der Waals surface area contributed by atoms with Gasteiger partial charge in [-0.1, -0.05) is 48.5 Å². The van der Waals surface area contributed by atoms with Gasteiger partial charge in [0.25, 0.3) is 0 Å². The minimum absolute atomic E-state index is 0.366. The SMILES string of the molecule is COc1ccc(C2NC(=O)N(c3ccccc3)P2(=O)c2ccccc2)cc1. The Kier molecular flexibility index (Phi) is 4.46. The summed E-state index contributed by atoms with van der Waals surface area (Å²) in [5, 5.41) is 3.56. The molecule has 0 bridgehead atoms. The Hall–Kier alpha value is -3.04. The van der Waals surface area contributed by atoms with E-state index in [0.717, 1.165) is 5.56 Å². The summed E-state index contributed by atoms with van der Waals surface area (Å²) in [6, 6.07) is 25.2. The molecular weight excluding hydrogens is 359 g/mol. The summed E-state index contributed by atoms with van der Waals surface area (Å²) in [7, 11) is -1.74. The van der Waals surface area contributed by atoms with Gasteiger partial charge in [-0.3, -0.25) is 4.57 Å². The standard InChI is InChI=1S/C21H19N2O3P/c1-26-18-14-12-16(13-15-18)20-22-21(24)23(17-8-4-2-5-9-17)27(20,25)19-10-6-3-7-11-19/h2-15,20H,1H3,(H,22,24). The van der Waals surface area contributed by atoms with Crippen molar-refractivity contribution >= 4 is 24.3 Å². The van der Waals surface area contributed by atoms with Crippen molar-refractivity contribution in [2.45, 2.75) is 5.78 Å². The molecule has 1 saturated heterocycles. The fourth-order valence-electron chi connectivity index (χ4n) is 3.35. The van der Waals surface area contributed by atoms with Gasteiger partial charge in [0, 0.05) is 5.30 Å². The van der Waals surface area contributed by atoms with E-state index in [4.69, 9.17) is 4.74 Å². The Morgan fingerprint density at radius 2 is 1.48 bits per heavy atom. The van der Waals surface area contributed by atoms with Crippen LogP contribution in [-0.2, 0) is 4.57 Å². The van der Waals surface area contributed by atoms with E-state index in [1.165, 1.54) is 4.67 Å². The van der Waals surface area contributed by atoms with E-state index in [9.17, 15) is 9.36 Å². The van der Waals surface area contributed by atoms with Crippen LogP contribution >= 0.6 is 7.29 Å². The van der Waals surface area contributed by atoms with Crippen LogP contribution in [0.4, 0.5) is 10.5 Å². The Labute approximate surface area is 158 Å². The predicted molar refractivity (Wildman–Crippen MR) is 107 cm³/mol. The lowest BCUT2D eigenvalue weighted by molar-refractivity contribution is 0.251. The number of hydrogen-bond acceptors (Lipinski definition) is 3. The first-order valence-electron chi connectivity index (χ1n) is 8.60. The molecule has 0 aromatic heterocycles. The number of rotatable bonds is 4. The lowest BCUT2D eigenvalue weighted by Crippen LogP contribution is -2.28. The summed E-state index contributed by atoms with van der Waals surface area (Å²) in [6.45, 7) is 0. The summed E-state index contributed by atoms with van der Waals surface area (Å²) in [5.41, 5.74) is 1.38. The third-order valence-electron chi connectivity index (χ3n) is 4.66. The predicted octanol–water partition coefficient (Wildman–Crippen LogP) is 4.53. The molecule has 0 radical (unpaired) electrons. The molecule has 1 heterocycles. The van der Waals surface area contributed by atoms with Gasteiger partial charge in [-0.05, 0) is 42.0 Å². The number of ether oxygens (including phenoxy) is 1. The molecule has 5 nitrogen and oxygen atoms in total. The molecule has 27 heavy (non-hydrogen) atoms. The number of hydrogen-bond donors (Lipinski definition) is 1. The van der Waals surface area contributed by atoms with Crippen molar-refractivity contribution in [1.82, 2.24) is 5.32 Å². The molecule has 0 spiro atoms. The number of amides is 2. The number of carbonyl (C=O) groups excluding carboxylic acids is 1. The third kappa shape index (κ3) is 2.90. The molecule has 0 aliphatic carbocycles. The minimum atomic E-state index is -3.33. The third-order valence-corrected chi connectivity index (χ3v) is 7.83. The first-order chi connectivity index (χ1) is 13.1. The molecule has 0 saturated carbocycles. The molecule has 3 aromatic carbocycles. The fraction of sp³-hybridized carbons (Fsp3) is 0.0952. The number of benzene rings is 3. The summed E-state index contributed by atoms with van der Waals surface area (Å²) in [4.78, 5) is 12.9. The highest BCUT2D eigenvalue weighted by atomic mass is 31.2. The zero-order valence-electron chi connectivity index (χ0n) is 14.8. The number of anilines is 1. The normalized spacial score (nSPS) is 21.7. The average molecular weight is 378 g/mol. The van der Waals surface area contributed by atoms with Gasteiger partial charge in [-0.25, -0.2) is 9.46 Å². The van der Waals surface area contributed by atoms with Gasteiger partial charge in [0.1, 0.15) is 11.5 Å². The number of nitrogens with zero attached hydrogens (tertiary/aromatic N) is 1. The Bertz CT molecular complexity index is 991. The molecule has 1 aliphatic rings. The van der Waals surface area contributed by atoms with Crippen LogP contribution in [0.15, 0.2) is 84.9 Å². The highest BCUT2D eigenvalue weighted by Gasteiger charge is 2.51. The van der Waals surface area contributed by atoms with Gasteiger partial charge in [0.05, 0.1) is 12.8 Å². The van der Waals surface area contributed by atoms with E-state index in [0.29, 0.717) is 16.7 Å². The van der Waals surface area contributed by atoms with E-state index < -0.39 is 13.1 Å². The van der Waals surface area contributed by atoms with Crippen LogP contribution in [0.2, 0.25) is 0 Å². The second kappa shape index (κ2) is 6.93. The molecular formula is C21H19N2O3P. The van der Waals surface area contributed by atoms with Crippen molar-refractivity contribution in [2.24, 2.45) is 0 Å². The number of para-hydroxylation sites is 1. The molecule has 136 valence electrons. The van der Waals surface area contributed by atoms with Gasteiger partial charge >= 0.3 is 6.03 Å². The van der Waals surface area contributed by atoms with Crippen LogP contribution in [0.1, 0.15) is 11.3 Å². The second-order valence-electron chi connectivity index (χ2n) is 6.23. The topological polar surface area (TPSA) is 58.6 Å². The second-order valence-corrected chi connectivity index (χ2v) is 8.91. The van der Waals surface area contributed by atoms with E-state index in [1.54, 1.807) is 19.2 Å². The average Bonchev–Trinajstić information content (AvgIpc) is 3.01. The van der Waals surface area contributed by atoms with Crippen LogP contribution in [0.3, 0.4) is 0 Å². The monoisotopic (exact) mass is 378 g/mol. The summed E-state index contributed by atoms with van der Waals surface area (Å²) >= 11 is 0. The zero-order valence-corrected chi connectivity index (χ0v) is 15.7. The highest BCUT2D eigenvalue weighted by Crippen LogP contribution is 2.64. The fourth-order valence-corrected chi connectivity index (χ4v) is 6.38. The largest absolute Gasteiger partial charge is 0.497 e. The first-order valence-corrected chi connectivity index (χ1v) is 10.3. The van der Waals surface area contributed by atoms with Gasteiger partial charge in [-0.15, -0.1) is 0 Å². The molecule has 1 N–H and O–H groups in total. The van der Waals surface area contributed by atoms with Crippen molar-refractivity contribution < 1.29 is 14.1 Å². The van der Waals surface area contributed by atoms with Gasteiger partial charge in [0.15, 0.2) is 0 Å². The Balaban J connectivity index is 1.88. The molecule has 2 atom stereocenters. The highest BCUT2D eigenvalue weighted by molar-refractivity contribution is 7.74. The summed E-state index contributed by atoms with van der Waals surface area (Å²) in [5.74, 6) is 0.0658. The van der Waals surface area contributed by atoms with Crippen LogP contribution in [-0.4, -0.2) is 13.1 Å². The van der Waals surface area contributed by atoms with Crippen LogP contribution < -0.4 is 20.0 Å². The van der Waals surface area contributed by atoms with Crippen molar-refractivity contribution in [3.05, 3.63) is 90.5 Å². The molecule has 3 aromatic rings. The van der Waals surface area contributed by atoms with E-state index in [-0.39, 0.29) is 6.03 Å². The minimum Gasteiger partial charge on any atom is -0.497 e. The van der Waals surface area contributed by atoms with Crippen molar-refractivity contribution in [2.75, 3.05) is 11.8 Å². The number of carbonyl (C=O) groups is 1. The number of nitrogens with one attached hydrogen (secondary N) is 1. The summed E-state index contributed by atoms with van der Waals surface area (Å²) < 4.78 is 21.1. The lowest BCUT2D eigenvalue weighted by Gasteiger charge is -2.27. The van der Waals surface area contributed by atoms with Crippen LogP contribution in [0.25, 0.3) is 0 Å². The lowest BCUT2D eigenvalue weighted by atomic mass is 10.2. The molecule has 4 rings (SSSR count). The maximum atomic E-state index is 14.5. The summed E-state index contributed by atoms with van der Waals surface area (Å²) in [6.07, 6.45) is 0. The Morgan fingerprint density at radius 3 is 2.07 bits per heavy atom. The maximum Gasteiger partial charge on any atom is 0.328 e. The van der Waals surface area contributed by atoms with Gasteiger partial charge in [0.2, 0.25) is 7.29 Å². The molecule has 1 aliphatic heterocycles. The quantitative estimate of drug-likeness (QED) is 0.679. The number of methoxy groups -OCH3 is 1. The first kappa shape index (κ1) is 17.4. The van der Waals surface area contributed by atoms with E-state index >= 15 is 0 Å². The van der Waals surface area contributed by atoms with Gasteiger partial charge in [-0.2, -0.15) is 0 Å². The van der Waals surface area contributed by atoms with Crippen LogP contribution in [0, 0.1) is 0 Å². The Morgan fingerprint density at radius 1 is 0.889 bits per heavy atom. The van der Waals surface area contributed by atoms with E-state index in [1.807, 2.05) is 72.8 Å². The van der Waals surface area contributed by atoms with Crippen molar-refractivity contribution in [1.29, 1.82) is 0 Å². The molecule has 6 heteroatoms. The molecule has 2 unspecified atom stereocenters. The van der Waals surface area contributed by atoms with Crippen LogP contribution in [0.5, 0.6) is 5.75 Å². The maximum absolute atomic E-state index is 14.5. The molecule has 1 fully saturated rings. The van der Waals surface area contributed by atoms with Crippen molar-refractivity contribution in [3.8, 4) is 5.75 Å².